The van der Waals surface area contributed by atoms with Crippen LogP contribution >= 0.6 is 28.1 Å². The van der Waals surface area contributed by atoms with E-state index in [1.165, 1.54) is 12.8 Å². The van der Waals surface area contributed by atoms with Crippen molar-refractivity contribution in [3.8, 4) is 5.75 Å². The van der Waals surface area contributed by atoms with Gasteiger partial charge in [0.05, 0.1) is 17.1 Å². The third kappa shape index (κ3) is 3.54. The molecule has 0 aromatic heterocycles. The molecule has 3 rings (SSSR count). The lowest BCUT2D eigenvalue weighted by atomic mass is 10.1. The van der Waals surface area contributed by atoms with Crippen LogP contribution in [0.3, 0.4) is 0 Å². The molecule has 0 radical (unpaired) electrons. The second-order valence-corrected chi connectivity index (χ2v) is 7.10. The summed E-state index contributed by atoms with van der Waals surface area (Å²) in [5.74, 6) is 0.240. The molecular formula is C18H19BrN2O2S. The summed E-state index contributed by atoms with van der Waals surface area (Å²) in [6.07, 6.45) is 4.61. The number of benzene rings is 2. The van der Waals surface area contributed by atoms with Gasteiger partial charge in [-0.3, -0.25) is 10.1 Å². The first-order valence-electron chi connectivity index (χ1n) is 7.97. The van der Waals surface area contributed by atoms with Crippen LogP contribution in [0.4, 0.5) is 0 Å². The second-order valence-electron chi connectivity index (χ2n) is 5.90. The monoisotopic (exact) mass is 406 g/mol. The molecule has 0 unspecified atom stereocenters. The van der Waals surface area contributed by atoms with E-state index in [2.05, 4.69) is 26.6 Å². The molecule has 0 bridgehead atoms. The minimum atomic E-state index is -0.270. The van der Waals surface area contributed by atoms with Crippen LogP contribution in [0.2, 0.25) is 0 Å². The average Bonchev–Trinajstić information content (AvgIpc) is 3.07. The van der Waals surface area contributed by atoms with Gasteiger partial charge in [0, 0.05) is 6.04 Å². The van der Waals surface area contributed by atoms with Crippen molar-refractivity contribution in [1.82, 2.24) is 10.6 Å². The molecule has 0 atom stereocenters. The van der Waals surface area contributed by atoms with E-state index >= 15 is 0 Å². The SMILES string of the molecule is COc1c(C(=O)NC(=S)NC2CCCC2)cc2ccccc2c1Br. The Labute approximate surface area is 155 Å². The van der Waals surface area contributed by atoms with Crippen LogP contribution in [0.5, 0.6) is 5.75 Å². The number of hydrogen-bond acceptors (Lipinski definition) is 3. The van der Waals surface area contributed by atoms with E-state index < -0.39 is 0 Å². The quantitative estimate of drug-likeness (QED) is 0.751. The summed E-state index contributed by atoms with van der Waals surface area (Å²) >= 11 is 8.82. The van der Waals surface area contributed by atoms with Crippen LogP contribution in [-0.4, -0.2) is 24.2 Å². The Morgan fingerprint density at radius 3 is 2.71 bits per heavy atom. The van der Waals surface area contributed by atoms with Crippen molar-refractivity contribution in [3.63, 3.8) is 0 Å². The summed E-state index contributed by atoms with van der Waals surface area (Å²) in [6.45, 7) is 0. The number of amides is 1. The minimum absolute atomic E-state index is 0.270. The molecule has 126 valence electrons. The van der Waals surface area contributed by atoms with Gasteiger partial charge >= 0.3 is 0 Å². The second kappa shape index (κ2) is 7.49. The molecule has 0 heterocycles. The lowest BCUT2D eigenvalue weighted by Gasteiger charge is -2.17. The zero-order valence-corrected chi connectivity index (χ0v) is 15.8. The Morgan fingerprint density at radius 2 is 2.00 bits per heavy atom. The predicted molar refractivity (Wildman–Crippen MR) is 104 cm³/mol. The van der Waals surface area contributed by atoms with Crippen LogP contribution in [0, 0.1) is 0 Å². The third-order valence-electron chi connectivity index (χ3n) is 4.31. The van der Waals surface area contributed by atoms with E-state index in [0.717, 1.165) is 28.1 Å². The van der Waals surface area contributed by atoms with Crippen LogP contribution in [0.25, 0.3) is 10.8 Å². The van der Waals surface area contributed by atoms with Gasteiger partial charge in [0.25, 0.3) is 5.91 Å². The summed E-state index contributed by atoms with van der Waals surface area (Å²) in [5, 5.41) is 8.32. The molecule has 24 heavy (non-hydrogen) atoms. The highest BCUT2D eigenvalue weighted by Gasteiger charge is 2.20. The van der Waals surface area contributed by atoms with Crippen LogP contribution in [0.1, 0.15) is 36.0 Å². The maximum Gasteiger partial charge on any atom is 0.261 e. The molecule has 1 aliphatic carbocycles. The summed E-state index contributed by atoms with van der Waals surface area (Å²) in [4.78, 5) is 12.7. The number of nitrogens with one attached hydrogen (secondary N) is 2. The molecule has 0 spiro atoms. The fourth-order valence-corrected chi connectivity index (χ4v) is 4.11. The van der Waals surface area contributed by atoms with E-state index in [1.54, 1.807) is 7.11 Å². The highest BCUT2D eigenvalue weighted by Crippen LogP contribution is 2.36. The zero-order chi connectivity index (χ0) is 17.1. The number of hydrogen-bond donors (Lipinski definition) is 2. The van der Waals surface area contributed by atoms with Crippen LogP contribution in [-0.2, 0) is 0 Å². The summed E-state index contributed by atoms with van der Waals surface area (Å²) < 4.78 is 6.22. The summed E-state index contributed by atoms with van der Waals surface area (Å²) in [5.41, 5.74) is 0.457. The first-order chi connectivity index (χ1) is 11.6. The van der Waals surface area contributed by atoms with E-state index in [-0.39, 0.29) is 5.91 Å². The smallest absolute Gasteiger partial charge is 0.261 e. The lowest BCUT2D eigenvalue weighted by molar-refractivity contribution is 0.0973. The first kappa shape index (κ1) is 17.2. The van der Waals surface area contributed by atoms with Crippen molar-refractivity contribution < 1.29 is 9.53 Å². The molecule has 6 heteroatoms. The highest BCUT2D eigenvalue weighted by atomic mass is 79.9. The van der Waals surface area contributed by atoms with Gasteiger partial charge in [-0.05, 0) is 57.8 Å². The lowest BCUT2D eigenvalue weighted by Crippen LogP contribution is -2.43. The Hall–Kier alpha value is -1.66. The molecule has 2 N–H and O–H groups in total. The average molecular weight is 407 g/mol. The van der Waals surface area contributed by atoms with Gasteiger partial charge in [-0.1, -0.05) is 37.1 Å². The first-order valence-corrected chi connectivity index (χ1v) is 9.17. The van der Waals surface area contributed by atoms with Gasteiger partial charge in [-0.2, -0.15) is 0 Å². The summed E-state index contributed by atoms with van der Waals surface area (Å²) in [7, 11) is 1.56. The van der Waals surface area contributed by atoms with Crippen LogP contribution in [0.15, 0.2) is 34.8 Å². The molecule has 1 amide bonds. The Bertz CT molecular complexity index is 788. The van der Waals surface area contributed by atoms with Crippen molar-refractivity contribution in [2.75, 3.05) is 7.11 Å². The molecule has 1 fully saturated rings. The molecule has 0 saturated heterocycles. The number of ether oxygens (including phenoxy) is 1. The van der Waals surface area contributed by atoms with Gasteiger partial charge in [0.2, 0.25) is 0 Å². The van der Waals surface area contributed by atoms with Gasteiger partial charge < -0.3 is 10.1 Å². The molecular weight excluding hydrogens is 388 g/mol. The van der Waals surface area contributed by atoms with Gasteiger partial charge in [-0.25, -0.2) is 0 Å². The minimum Gasteiger partial charge on any atom is -0.495 e. The number of carbonyl (C=O) groups excluding carboxylic acids is 1. The number of halogens is 1. The highest BCUT2D eigenvalue weighted by molar-refractivity contribution is 9.10. The van der Waals surface area contributed by atoms with Gasteiger partial charge in [-0.15, -0.1) is 0 Å². The third-order valence-corrected chi connectivity index (χ3v) is 5.31. The van der Waals surface area contributed by atoms with Crippen molar-refractivity contribution in [2.45, 2.75) is 31.7 Å². The van der Waals surface area contributed by atoms with Crippen molar-refractivity contribution in [2.24, 2.45) is 0 Å². The number of fused-ring (bicyclic) bond motifs is 1. The Morgan fingerprint density at radius 1 is 1.29 bits per heavy atom. The Kier molecular flexibility index (Phi) is 5.36. The number of carbonyl (C=O) groups is 1. The van der Waals surface area contributed by atoms with E-state index in [9.17, 15) is 4.79 Å². The maximum atomic E-state index is 12.7. The van der Waals surface area contributed by atoms with E-state index in [4.69, 9.17) is 17.0 Å². The number of methoxy groups -OCH3 is 1. The van der Waals surface area contributed by atoms with Gasteiger partial charge in [0.1, 0.15) is 5.75 Å². The zero-order valence-electron chi connectivity index (χ0n) is 13.4. The number of thiocarbonyl (C=S) groups is 1. The van der Waals surface area contributed by atoms with E-state index in [0.29, 0.717) is 22.5 Å². The fourth-order valence-electron chi connectivity index (χ4n) is 3.11. The van der Waals surface area contributed by atoms with Crippen molar-refractivity contribution in [1.29, 1.82) is 0 Å². The topological polar surface area (TPSA) is 50.4 Å². The Balaban J connectivity index is 1.84. The number of rotatable bonds is 3. The van der Waals surface area contributed by atoms with Crippen LogP contribution < -0.4 is 15.4 Å². The molecule has 1 aliphatic rings. The van der Waals surface area contributed by atoms with Crippen molar-refractivity contribution in [3.05, 3.63) is 40.4 Å². The maximum absolute atomic E-state index is 12.7. The van der Waals surface area contributed by atoms with Crippen molar-refractivity contribution >= 4 is 49.9 Å². The molecule has 0 aliphatic heterocycles. The molecule has 1 saturated carbocycles. The predicted octanol–water partition coefficient (Wildman–Crippen LogP) is 4.16. The largest absolute Gasteiger partial charge is 0.495 e. The molecule has 4 nitrogen and oxygen atoms in total. The summed E-state index contributed by atoms with van der Waals surface area (Å²) in [6, 6.07) is 10.0. The normalized spacial score (nSPS) is 14.6. The standard InChI is InChI=1S/C18H19BrN2O2S/c1-23-16-14(10-11-6-2-5-9-13(11)15(16)19)17(22)21-18(24)20-12-7-3-4-8-12/h2,5-6,9-10,12H,3-4,7-8H2,1H3,(H2,20,21,22,24). The molecule has 2 aromatic carbocycles. The van der Waals surface area contributed by atoms with Gasteiger partial charge in [0.15, 0.2) is 5.11 Å². The van der Waals surface area contributed by atoms with E-state index in [1.807, 2.05) is 30.3 Å². The fraction of sp³-hybridized carbons (Fsp3) is 0.333. The molecule has 2 aromatic rings.